The van der Waals surface area contributed by atoms with Gasteiger partial charge >= 0.3 is 23.9 Å². The highest BCUT2D eigenvalue weighted by Gasteiger charge is 2.33. The lowest BCUT2D eigenvalue weighted by Crippen LogP contribution is -2.36. The van der Waals surface area contributed by atoms with Gasteiger partial charge in [0.1, 0.15) is 52.4 Å². The number of carbonyl (C=O) groups excluding carboxylic acids is 5. The number of benzene rings is 5. The first-order valence-corrected chi connectivity index (χ1v) is 37.2. The zero-order valence-corrected chi connectivity index (χ0v) is 69.9. The van der Waals surface area contributed by atoms with Gasteiger partial charge in [-0.25, -0.2) is 32.3 Å². The van der Waals surface area contributed by atoms with Crippen LogP contribution in [0.3, 0.4) is 0 Å². The van der Waals surface area contributed by atoms with Crippen molar-refractivity contribution < 1.29 is 100 Å². The molecule has 116 heavy (non-hydrogen) atoms. The van der Waals surface area contributed by atoms with Crippen molar-refractivity contribution in [3.63, 3.8) is 0 Å². The van der Waals surface area contributed by atoms with Gasteiger partial charge < -0.3 is 58.8 Å². The summed E-state index contributed by atoms with van der Waals surface area (Å²) in [5.41, 5.74) is 2.37. The van der Waals surface area contributed by atoms with E-state index in [0.29, 0.717) is 11.3 Å². The normalized spacial score (nSPS) is 12.2. The van der Waals surface area contributed by atoms with Gasteiger partial charge in [0.15, 0.2) is 23.1 Å². The number of nitrogens with zero attached hydrogens (tertiary/aromatic N) is 3. The molecule has 3 heterocycles. The van der Waals surface area contributed by atoms with Crippen molar-refractivity contribution in [1.82, 2.24) is 13.7 Å². The van der Waals surface area contributed by atoms with Crippen LogP contribution in [-0.4, -0.2) is 140 Å². The van der Waals surface area contributed by atoms with E-state index in [1.54, 1.807) is 45.0 Å². The minimum atomic E-state index is -1.23. The predicted octanol–water partition coefficient (Wildman–Crippen LogP) is 16.7. The maximum Gasteiger partial charge on any atom is 0.335 e. The van der Waals surface area contributed by atoms with Crippen molar-refractivity contribution >= 4 is 87.5 Å². The molecule has 0 radical (unpaired) electrons. The first-order valence-electron chi connectivity index (χ1n) is 36.1. The molecule has 0 bridgehead atoms. The number of esters is 1. The van der Waals surface area contributed by atoms with Crippen LogP contribution in [0.4, 0.5) is 18.9 Å². The molecule has 0 amide bonds. The van der Waals surface area contributed by atoms with E-state index in [2.05, 4.69) is 0 Å². The molecular weight excluding hydrogens is 1580 g/mol. The number of carboxylic acid groups (broad SMARTS) is 3. The Morgan fingerprint density at radius 1 is 0.431 bits per heavy atom. The van der Waals surface area contributed by atoms with Crippen LogP contribution in [0.1, 0.15) is 199 Å². The molecule has 0 aliphatic heterocycles. The lowest BCUT2D eigenvalue weighted by Gasteiger charge is -2.27. The fraction of sp³-hybridized carbons (Fsp3) is 0.376. The summed E-state index contributed by atoms with van der Waals surface area (Å²) < 4.78 is 87.5. The Labute approximate surface area is 683 Å². The SMILES string of the molecule is COc1cn(C(CCOC(C)(C)C)C(=O)Cc2ccc(C(=O)O)cc2)c(=O)cc1-c1c(C(C)=O)ccc(Cl)c1F.COc1cn(C(CCOC(C)(C)C)C(=O)O)c(=O)cc1-c1c(C(C)=O)ccc(Cl)c1F.COc1cn(C(CCOC(C)(C)C)C(=O)OC(C)(C)C)c(=O)cc1-c1c(C(C)=O)ccc(Cl)c1F.Nc1ccc(C(=O)O)cc1. The number of Topliss-reactive ketones (excluding diaryl/α,β-unsaturated/α-hetero) is 4. The molecule has 5 aromatic carbocycles. The molecule has 8 rings (SSSR count). The number of nitrogen functional groups attached to an aromatic ring is 1. The molecule has 3 unspecified atom stereocenters. The number of carboxylic acids is 3. The number of hydrogen-bond donors (Lipinski definition) is 4. The minimum Gasteiger partial charge on any atom is -0.495 e. The number of rotatable bonds is 28. The highest BCUT2D eigenvalue weighted by atomic mass is 35.5. The molecule has 5 N–H and O–H groups in total. The Balaban J connectivity index is 0.000000294. The standard InChI is InChI=1S/C30H31ClFNO7.C26H33ClFNO6.C22H25ClFNO6.C7H7NO2/c1-17(34)20-10-11-22(31)28(32)27(20)21-15-26(36)33(16-25(21)39-5)23(12-13-40-30(2,3)4)24(35)14-18-6-8-19(9-7-18)29(37)38;1-15(30)16-9-10-18(27)23(28)22(16)17-13-21(31)29(14-20(17)33-8)19(11-12-34-25(2,3)4)24(32)35-26(5,6)7;1-12(26)13-6-7-15(23)20(24)19(13)14-10-18(27)25(11-17(14)30-5)16(21(28)29)8-9-31-22(2,3)4;8-6-3-1-5(2-4-6)7(9)10/h6-11,15-16,23H,12-14H2,1-5H3,(H,37,38);9-10,13-14,19H,11-12H2,1-8H3;6-7,10-11,16H,8-9H2,1-5H3,(H,28,29);1-4H,8H2,(H,9,10). The lowest BCUT2D eigenvalue weighted by atomic mass is 9.96. The van der Waals surface area contributed by atoms with Crippen LogP contribution in [-0.2, 0) is 39.8 Å². The number of aromatic carboxylic acids is 2. The maximum absolute atomic E-state index is 15.2. The summed E-state index contributed by atoms with van der Waals surface area (Å²) in [6.45, 7) is 26.2. The molecule has 0 aliphatic carbocycles. The highest BCUT2D eigenvalue weighted by molar-refractivity contribution is 6.32. The van der Waals surface area contributed by atoms with Crippen LogP contribution >= 0.6 is 34.8 Å². The third-order valence-corrected chi connectivity index (χ3v) is 17.8. The molecule has 0 fully saturated rings. The zero-order chi connectivity index (χ0) is 87.6. The zero-order valence-electron chi connectivity index (χ0n) is 67.6. The molecule has 0 saturated carbocycles. The third-order valence-electron chi connectivity index (χ3n) is 16.9. The van der Waals surface area contributed by atoms with E-state index >= 15 is 8.78 Å². The van der Waals surface area contributed by atoms with E-state index in [4.69, 9.17) is 83.9 Å². The van der Waals surface area contributed by atoms with E-state index < -0.39 is 116 Å². The number of hydrogen-bond acceptors (Lipinski definition) is 19. The molecule has 624 valence electrons. The molecule has 0 saturated heterocycles. The summed E-state index contributed by atoms with van der Waals surface area (Å²) in [6, 6.07) is 19.9. The minimum absolute atomic E-state index is 0.00373. The monoisotopic (exact) mass is 1670 g/mol. The van der Waals surface area contributed by atoms with Gasteiger partial charge in [-0.3, -0.25) is 42.7 Å². The van der Waals surface area contributed by atoms with Gasteiger partial charge in [-0.1, -0.05) is 46.9 Å². The van der Waals surface area contributed by atoms with Crippen LogP contribution < -0.4 is 36.6 Å². The molecule has 3 atom stereocenters. The van der Waals surface area contributed by atoms with E-state index in [1.807, 2.05) is 62.3 Å². The number of carbonyl (C=O) groups is 8. The smallest absolute Gasteiger partial charge is 0.335 e. The average molecular weight is 1670 g/mol. The van der Waals surface area contributed by atoms with Crippen molar-refractivity contribution in [3.8, 4) is 50.6 Å². The van der Waals surface area contributed by atoms with Gasteiger partial charge in [-0.05, 0) is 189 Å². The second kappa shape index (κ2) is 41.2. The first-order chi connectivity index (χ1) is 53.8. The molecule has 31 heteroatoms. The van der Waals surface area contributed by atoms with Crippen molar-refractivity contribution in [2.45, 2.75) is 170 Å². The van der Waals surface area contributed by atoms with E-state index in [0.717, 1.165) is 22.8 Å². The number of anilines is 1. The average Bonchev–Trinajstić information content (AvgIpc) is 0.779. The van der Waals surface area contributed by atoms with Gasteiger partial charge in [0.2, 0.25) is 0 Å². The van der Waals surface area contributed by atoms with E-state index in [9.17, 15) is 62.2 Å². The number of halogens is 6. The number of methoxy groups -OCH3 is 3. The Morgan fingerprint density at radius 3 is 1.01 bits per heavy atom. The van der Waals surface area contributed by atoms with Crippen LogP contribution in [0.25, 0.3) is 33.4 Å². The number of ketones is 4. The van der Waals surface area contributed by atoms with Gasteiger partial charge in [0, 0.05) is 113 Å². The van der Waals surface area contributed by atoms with Crippen molar-refractivity contribution in [1.29, 1.82) is 0 Å². The number of pyridine rings is 3. The molecule has 8 aromatic rings. The molecule has 25 nitrogen and oxygen atoms in total. The van der Waals surface area contributed by atoms with Gasteiger partial charge in [-0.2, -0.15) is 0 Å². The Kier molecular flexibility index (Phi) is 34.0. The Bertz CT molecular complexity index is 5130. The summed E-state index contributed by atoms with van der Waals surface area (Å²) in [6.07, 6.45) is 4.07. The fourth-order valence-electron chi connectivity index (χ4n) is 11.4. The number of nitrogens with two attached hydrogens (primary N) is 1. The van der Waals surface area contributed by atoms with E-state index in [-0.39, 0.29) is 145 Å². The van der Waals surface area contributed by atoms with E-state index in [1.165, 1.54) is 130 Å². The first kappa shape index (κ1) is 95.8. The van der Waals surface area contributed by atoms with Crippen molar-refractivity contribution in [3.05, 3.63) is 219 Å². The van der Waals surface area contributed by atoms with Crippen LogP contribution in [0.5, 0.6) is 17.2 Å². The summed E-state index contributed by atoms with van der Waals surface area (Å²) in [7, 11) is 3.96. The van der Waals surface area contributed by atoms with Gasteiger partial charge in [0.05, 0.1) is 89.0 Å². The van der Waals surface area contributed by atoms with Crippen molar-refractivity contribution in [2.24, 2.45) is 0 Å². The number of aromatic nitrogens is 3. The number of ether oxygens (including phenoxy) is 7. The van der Waals surface area contributed by atoms with Crippen LogP contribution in [0, 0.1) is 17.5 Å². The summed E-state index contributed by atoms with van der Waals surface area (Å²) in [5, 5.41) is 26.6. The second-order valence-electron chi connectivity index (χ2n) is 30.3. The van der Waals surface area contributed by atoms with Gasteiger partial charge in [0.25, 0.3) is 16.7 Å². The van der Waals surface area contributed by atoms with Crippen molar-refractivity contribution in [2.75, 3.05) is 46.9 Å². The molecule has 3 aromatic heterocycles. The number of aliphatic carboxylic acids is 1. The maximum atomic E-state index is 15.2. The third kappa shape index (κ3) is 26.9. The highest BCUT2D eigenvalue weighted by Crippen LogP contribution is 2.41. The Morgan fingerprint density at radius 2 is 0.724 bits per heavy atom. The summed E-state index contributed by atoms with van der Waals surface area (Å²) in [5.74, 6) is -7.90. The van der Waals surface area contributed by atoms with Gasteiger partial charge in [-0.15, -0.1) is 0 Å². The lowest BCUT2D eigenvalue weighted by molar-refractivity contribution is -0.160. The molecular formula is C85H96Cl3F3N4O21. The van der Waals surface area contributed by atoms with Crippen LogP contribution in [0.15, 0.2) is 136 Å². The Hall–Kier alpha value is -10.8. The largest absolute Gasteiger partial charge is 0.495 e. The summed E-state index contributed by atoms with van der Waals surface area (Å²) >= 11 is 17.9. The fourth-order valence-corrected chi connectivity index (χ4v) is 11.9. The summed E-state index contributed by atoms with van der Waals surface area (Å²) in [4.78, 5) is 136. The van der Waals surface area contributed by atoms with Crippen LogP contribution in [0.2, 0.25) is 15.1 Å². The second-order valence-corrected chi connectivity index (χ2v) is 31.5. The quantitative estimate of drug-likeness (QED) is 0.0201. The predicted molar refractivity (Wildman–Crippen MR) is 434 cm³/mol. The molecule has 0 spiro atoms. The topological polar surface area (TPSA) is 354 Å². The molecule has 0 aliphatic rings.